The van der Waals surface area contributed by atoms with Crippen molar-refractivity contribution in [2.75, 3.05) is 20.2 Å². The summed E-state index contributed by atoms with van der Waals surface area (Å²) >= 11 is 9.09. The highest BCUT2D eigenvalue weighted by atomic mass is 79.9. The molecule has 0 N–H and O–H groups in total. The maximum atomic E-state index is 5.78. The number of ether oxygens (including phenoxy) is 1. The minimum Gasteiger partial charge on any atom is -0.490 e. The van der Waals surface area contributed by atoms with Gasteiger partial charge < -0.3 is 4.74 Å². The molecule has 1 fully saturated rings. The average Bonchev–Trinajstić information content (AvgIpc) is 2.21. The Kier molecular flexibility index (Phi) is 3.49. The van der Waals surface area contributed by atoms with Crippen LogP contribution in [0, 0.1) is 0 Å². The molecule has 0 radical (unpaired) electrons. The van der Waals surface area contributed by atoms with Gasteiger partial charge in [0.25, 0.3) is 0 Å². The zero-order chi connectivity index (χ0) is 10.8. The number of likely N-dealkylation sites (N-methyl/N-ethyl adjacent to an activating group) is 1. The Morgan fingerprint density at radius 2 is 2.53 bits per heavy atom. The number of hydrogen-bond acceptors (Lipinski definition) is 3. The Bertz CT molecular complexity index is 361. The van der Waals surface area contributed by atoms with Gasteiger partial charge in [-0.3, -0.25) is 4.90 Å². The van der Waals surface area contributed by atoms with E-state index < -0.39 is 0 Å². The molecule has 0 saturated carbocycles. The van der Waals surface area contributed by atoms with Gasteiger partial charge in [0, 0.05) is 6.04 Å². The predicted molar refractivity (Wildman–Crippen MR) is 63.5 cm³/mol. The summed E-state index contributed by atoms with van der Waals surface area (Å²) in [6.45, 7) is 1.88. The Labute approximate surface area is 103 Å². The van der Waals surface area contributed by atoms with Crippen LogP contribution in [0.2, 0.25) is 5.15 Å². The molecule has 1 saturated heterocycles. The molecule has 1 aliphatic rings. The van der Waals surface area contributed by atoms with Crippen molar-refractivity contribution in [3.63, 3.8) is 0 Å². The molecule has 1 unspecified atom stereocenters. The highest BCUT2D eigenvalue weighted by molar-refractivity contribution is 9.10. The topological polar surface area (TPSA) is 25.4 Å². The third-order valence-corrected chi connectivity index (χ3v) is 3.79. The molecule has 0 bridgehead atoms. The van der Waals surface area contributed by atoms with Crippen molar-refractivity contribution in [1.82, 2.24) is 9.88 Å². The summed E-state index contributed by atoms with van der Waals surface area (Å²) in [5.41, 5.74) is 0. The fourth-order valence-corrected chi connectivity index (χ4v) is 1.89. The van der Waals surface area contributed by atoms with Crippen LogP contribution in [0.4, 0.5) is 0 Å². The third kappa shape index (κ3) is 2.62. The van der Waals surface area contributed by atoms with E-state index in [0.29, 0.717) is 17.8 Å². The lowest BCUT2D eigenvalue weighted by Gasteiger charge is -2.37. The van der Waals surface area contributed by atoms with E-state index in [1.165, 1.54) is 6.42 Å². The summed E-state index contributed by atoms with van der Waals surface area (Å²) in [6.07, 6.45) is 2.85. The van der Waals surface area contributed by atoms with Crippen molar-refractivity contribution >= 4 is 27.5 Å². The molecular formula is C10H12BrClN2O. The number of likely N-dealkylation sites (tertiary alicyclic amines) is 1. The maximum absolute atomic E-state index is 5.78. The van der Waals surface area contributed by atoms with Gasteiger partial charge in [0.15, 0.2) is 0 Å². The van der Waals surface area contributed by atoms with Gasteiger partial charge in [-0.05, 0) is 42.0 Å². The predicted octanol–water partition coefficient (Wildman–Crippen LogP) is 2.58. The third-order valence-electron chi connectivity index (χ3n) is 2.65. The molecule has 2 rings (SSSR count). The van der Waals surface area contributed by atoms with Crippen molar-refractivity contribution < 1.29 is 4.74 Å². The molecule has 0 spiro atoms. The van der Waals surface area contributed by atoms with Crippen LogP contribution < -0.4 is 4.74 Å². The smallest absolute Gasteiger partial charge is 0.143 e. The molecule has 0 amide bonds. The highest BCUT2D eigenvalue weighted by Gasteiger charge is 2.24. The molecule has 5 heteroatoms. The van der Waals surface area contributed by atoms with Crippen molar-refractivity contribution in [3.05, 3.63) is 21.9 Å². The number of aromatic nitrogens is 1. The molecular weight excluding hydrogens is 279 g/mol. The molecule has 1 atom stereocenters. The zero-order valence-electron chi connectivity index (χ0n) is 8.41. The van der Waals surface area contributed by atoms with E-state index in [-0.39, 0.29) is 0 Å². The first-order valence-corrected chi connectivity index (χ1v) is 5.98. The van der Waals surface area contributed by atoms with Crippen LogP contribution in [-0.2, 0) is 0 Å². The Morgan fingerprint density at radius 3 is 3.07 bits per heavy atom. The van der Waals surface area contributed by atoms with Gasteiger partial charge in [-0.1, -0.05) is 11.6 Å². The molecule has 1 aromatic rings. The summed E-state index contributed by atoms with van der Waals surface area (Å²) in [7, 11) is 2.10. The fraction of sp³-hybridized carbons (Fsp3) is 0.500. The van der Waals surface area contributed by atoms with Crippen LogP contribution in [0.1, 0.15) is 6.42 Å². The van der Waals surface area contributed by atoms with E-state index in [0.717, 1.165) is 16.8 Å². The highest BCUT2D eigenvalue weighted by Crippen LogP contribution is 2.25. The number of nitrogens with zero attached hydrogens (tertiary/aromatic N) is 2. The van der Waals surface area contributed by atoms with Crippen molar-refractivity contribution in [1.29, 1.82) is 0 Å². The van der Waals surface area contributed by atoms with E-state index in [1.54, 1.807) is 6.20 Å². The summed E-state index contributed by atoms with van der Waals surface area (Å²) in [6, 6.07) is 2.38. The minimum absolute atomic E-state index is 0.461. The van der Waals surface area contributed by atoms with Crippen LogP contribution in [0.25, 0.3) is 0 Å². The van der Waals surface area contributed by atoms with Crippen LogP contribution >= 0.6 is 27.5 Å². The van der Waals surface area contributed by atoms with Gasteiger partial charge >= 0.3 is 0 Å². The largest absolute Gasteiger partial charge is 0.490 e. The van der Waals surface area contributed by atoms with Gasteiger partial charge in [-0.15, -0.1) is 0 Å². The Balaban J connectivity index is 1.90. The standard InChI is InChI=1S/C10H12BrClN2O/c1-14-3-2-7(14)6-15-8-4-9(11)10(12)13-5-8/h4-5,7H,2-3,6H2,1H3. The SMILES string of the molecule is CN1CCC1COc1cnc(Cl)c(Br)c1. The first-order chi connectivity index (χ1) is 7.16. The van der Waals surface area contributed by atoms with Crippen molar-refractivity contribution in [3.8, 4) is 5.75 Å². The van der Waals surface area contributed by atoms with Gasteiger partial charge in [0.2, 0.25) is 0 Å². The van der Waals surface area contributed by atoms with Crippen LogP contribution in [-0.4, -0.2) is 36.1 Å². The molecule has 0 aliphatic carbocycles. The van der Waals surface area contributed by atoms with E-state index in [2.05, 4.69) is 32.9 Å². The van der Waals surface area contributed by atoms with E-state index >= 15 is 0 Å². The quantitative estimate of drug-likeness (QED) is 0.801. The summed E-state index contributed by atoms with van der Waals surface area (Å²) in [5, 5.41) is 0.461. The van der Waals surface area contributed by atoms with Gasteiger partial charge in [0.1, 0.15) is 17.5 Å². The van der Waals surface area contributed by atoms with E-state index in [9.17, 15) is 0 Å². The molecule has 3 nitrogen and oxygen atoms in total. The van der Waals surface area contributed by atoms with Gasteiger partial charge in [0.05, 0.1) is 10.7 Å². The van der Waals surface area contributed by atoms with Gasteiger partial charge in [-0.25, -0.2) is 4.98 Å². The summed E-state index contributed by atoms with van der Waals surface area (Å²) in [5.74, 6) is 0.756. The van der Waals surface area contributed by atoms with Crippen molar-refractivity contribution in [2.24, 2.45) is 0 Å². The first kappa shape index (κ1) is 11.2. The molecule has 82 valence electrons. The lowest BCUT2D eigenvalue weighted by atomic mass is 10.1. The second-order valence-electron chi connectivity index (χ2n) is 3.68. The second kappa shape index (κ2) is 4.68. The lowest BCUT2D eigenvalue weighted by Crippen LogP contribution is -2.48. The average molecular weight is 292 g/mol. The van der Waals surface area contributed by atoms with Crippen LogP contribution in [0.3, 0.4) is 0 Å². The second-order valence-corrected chi connectivity index (χ2v) is 4.89. The molecule has 1 aliphatic heterocycles. The number of pyridine rings is 1. The lowest BCUT2D eigenvalue weighted by molar-refractivity contribution is 0.0767. The van der Waals surface area contributed by atoms with E-state index in [1.807, 2.05) is 6.07 Å². The fourth-order valence-electron chi connectivity index (χ4n) is 1.46. The molecule has 0 aromatic carbocycles. The number of rotatable bonds is 3. The van der Waals surface area contributed by atoms with Gasteiger partial charge in [-0.2, -0.15) is 0 Å². The Morgan fingerprint density at radius 1 is 1.73 bits per heavy atom. The molecule has 1 aromatic heterocycles. The summed E-state index contributed by atoms with van der Waals surface area (Å²) < 4.78 is 6.39. The number of hydrogen-bond donors (Lipinski definition) is 0. The van der Waals surface area contributed by atoms with E-state index in [4.69, 9.17) is 16.3 Å². The normalized spacial score (nSPS) is 21.1. The maximum Gasteiger partial charge on any atom is 0.143 e. The van der Waals surface area contributed by atoms with Crippen LogP contribution in [0.5, 0.6) is 5.75 Å². The minimum atomic E-state index is 0.461. The monoisotopic (exact) mass is 290 g/mol. The number of halogens is 2. The van der Waals surface area contributed by atoms with Crippen molar-refractivity contribution in [2.45, 2.75) is 12.5 Å². The zero-order valence-corrected chi connectivity index (χ0v) is 10.8. The Hall–Kier alpha value is -0.320. The first-order valence-electron chi connectivity index (χ1n) is 4.81. The molecule has 15 heavy (non-hydrogen) atoms. The van der Waals surface area contributed by atoms with Crippen LogP contribution in [0.15, 0.2) is 16.7 Å². The molecule has 2 heterocycles. The summed E-state index contributed by atoms with van der Waals surface area (Å²) in [4.78, 5) is 6.28.